The summed E-state index contributed by atoms with van der Waals surface area (Å²) in [5.41, 5.74) is 3.56. The molecule has 1 saturated heterocycles. The average Bonchev–Trinajstić information content (AvgIpc) is 2.63. The zero-order valence-electron chi connectivity index (χ0n) is 15.3. The molecule has 0 unspecified atom stereocenters. The Morgan fingerprint density at radius 2 is 1.64 bits per heavy atom. The maximum atomic E-state index is 13.1. The monoisotopic (exact) mass is 336 g/mol. The van der Waals surface area contributed by atoms with Gasteiger partial charge in [-0.3, -0.25) is 4.79 Å². The van der Waals surface area contributed by atoms with Crippen molar-refractivity contribution in [3.05, 3.63) is 71.3 Å². The number of piperidine rings is 1. The third-order valence-corrected chi connectivity index (χ3v) is 5.12. The van der Waals surface area contributed by atoms with Crippen molar-refractivity contribution >= 4 is 5.91 Å². The lowest BCUT2D eigenvalue weighted by Gasteiger charge is -2.37. The predicted octanol–water partition coefficient (Wildman–Crippen LogP) is 3.66. The first kappa shape index (κ1) is 17.7. The molecule has 3 rings (SSSR count). The molecule has 2 aromatic rings. The number of likely N-dealkylation sites (tertiary alicyclic amines) is 1. The molecule has 0 radical (unpaired) electrons. The minimum Gasteiger partial charge on any atom is -0.335 e. The van der Waals surface area contributed by atoms with Gasteiger partial charge in [0.05, 0.1) is 6.42 Å². The number of benzene rings is 2. The highest BCUT2D eigenvalue weighted by Crippen LogP contribution is 2.20. The van der Waals surface area contributed by atoms with Crippen molar-refractivity contribution in [3.63, 3.8) is 0 Å². The van der Waals surface area contributed by atoms with Crippen LogP contribution in [-0.2, 0) is 17.8 Å². The van der Waals surface area contributed by atoms with E-state index < -0.39 is 0 Å². The molecule has 25 heavy (non-hydrogen) atoms. The molecule has 1 aliphatic heterocycles. The van der Waals surface area contributed by atoms with Crippen LogP contribution in [0.5, 0.6) is 0 Å². The van der Waals surface area contributed by atoms with Crippen LogP contribution in [0.4, 0.5) is 0 Å². The summed E-state index contributed by atoms with van der Waals surface area (Å²) in [6.45, 7) is 4.93. The second-order valence-electron chi connectivity index (χ2n) is 7.20. The summed E-state index contributed by atoms with van der Waals surface area (Å²) >= 11 is 0. The van der Waals surface area contributed by atoms with Crippen molar-refractivity contribution in [2.45, 2.75) is 38.8 Å². The smallest absolute Gasteiger partial charge is 0.227 e. The van der Waals surface area contributed by atoms with E-state index >= 15 is 0 Å². The van der Waals surface area contributed by atoms with Gasteiger partial charge in [-0.2, -0.15) is 0 Å². The summed E-state index contributed by atoms with van der Waals surface area (Å²) in [5, 5.41) is 0. The van der Waals surface area contributed by atoms with E-state index in [2.05, 4.69) is 48.0 Å². The summed E-state index contributed by atoms with van der Waals surface area (Å²) in [6, 6.07) is 19.0. The maximum Gasteiger partial charge on any atom is 0.227 e. The second kappa shape index (κ2) is 8.30. The SMILES string of the molecule is Cc1ccc(CN(C(=O)Cc2ccccc2)C2CCN(C)CC2)cc1. The van der Waals surface area contributed by atoms with Crippen LogP contribution in [0.2, 0.25) is 0 Å². The lowest BCUT2D eigenvalue weighted by atomic mass is 10.0. The van der Waals surface area contributed by atoms with Gasteiger partial charge in [0, 0.05) is 12.6 Å². The maximum absolute atomic E-state index is 13.1. The van der Waals surface area contributed by atoms with Crippen LogP contribution >= 0.6 is 0 Å². The van der Waals surface area contributed by atoms with Crippen molar-refractivity contribution < 1.29 is 4.79 Å². The number of carbonyl (C=O) groups is 1. The molecule has 0 aromatic heterocycles. The molecular weight excluding hydrogens is 308 g/mol. The number of nitrogens with zero attached hydrogens (tertiary/aromatic N) is 2. The van der Waals surface area contributed by atoms with E-state index in [9.17, 15) is 4.79 Å². The van der Waals surface area contributed by atoms with Crippen molar-refractivity contribution in [3.8, 4) is 0 Å². The van der Waals surface area contributed by atoms with E-state index in [1.54, 1.807) is 0 Å². The van der Waals surface area contributed by atoms with Crippen LogP contribution in [0, 0.1) is 6.92 Å². The van der Waals surface area contributed by atoms with Crippen LogP contribution in [-0.4, -0.2) is 41.9 Å². The fourth-order valence-corrected chi connectivity index (χ4v) is 3.49. The molecule has 1 aliphatic rings. The van der Waals surface area contributed by atoms with Crippen molar-refractivity contribution in [1.82, 2.24) is 9.80 Å². The van der Waals surface area contributed by atoms with E-state index in [-0.39, 0.29) is 5.91 Å². The van der Waals surface area contributed by atoms with E-state index in [0.717, 1.165) is 31.5 Å². The zero-order valence-corrected chi connectivity index (χ0v) is 15.3. The highest BCUT2D eigenvalue weighted by Gasteiger charge is 2.27. The number of rotatable bonds is 5. The summed E-state index contributed by atoms with van der Waals surface area (Å²) in [4.78, 5) is 17.5. The minimum atomic E-state index is 0.237. The number of amides is 1. The molecule has 3 nitrogen and oxygen atoms in total. The summed E-state index contributed by atoms with van der Waals surface area (Å²) in [7, 11) is 2.16. The van der Waals surface area contributed by atoms with Crippen molar-refractivity contribution in [1.29, 1.82) is 0 Å². The quantitative estimate of drug-likeness (QED) is 0.832. The predicted molar refractivity (Wildman–Crippen MR) is 102 cm³/mol. The Morgan fingerprint density at radius 3 is 2.28 bits per heavy atom. The highest BCUT2D eigenvalue weighted by molar-refractivity contribution is 5.79. The van der Waals surface area contributed by atoms with E-state index in [1.807, 2.05) is 30.3 Å². The largest absolute Gasteiger partial charge is 0.335 e. The van der Waals surface area contributed by atoms with Gasteiger partial charge >= 0.3 is 0 Å². The van der Waals surface area contributed by atoms with Crippen molar-refractivity contribution in [2.75, 3.05) is 20.1 Å². The van der Waals surface area contributed by atoms with Crippen LogP contribution in [0.1, 0.15) is 29.5 Å². The molecule has 1 heterocycles. The molecule has 1 fully saturated rings. The van der Waals surface area contributed by atoms with Crippen LogP contribution in [0.15, 0.2) is 54.6 Å². The number of carbonyl (C=O) groups excluding carboxylic acids is 1. The molecule has 0 atom stereocenters. The lowest BCUT2D eigenvalue weighted by Crippen LogP contribution is -2.46. The van der Waals surface area contributed by atoms with E-state index in [4.69, 9.17) is 0 Å². The van der Waals surface area contributed by atoms with Gasteiger partial charge in [0.15, 0.2) is 0 Å². The van der Waals surface area contributed by atoms with E-state index in [1.165, 1.54) is 11.1 Å². The van der Waals surface area contributed by atoms with Crippen LogP contribution < -0.4 is 0 Å². The first-order valence-electron chi connectivity index (χ1n) is 9.19. The van der Waals surface area contributed by atoms with Crippen LogP contribution in [0.3, 0.4) is 0 Å². The number of hydrogen-bond acceptors (Lipinski definition) is 2. The van der Waals surface area contributed by atoms with Gasteiger partial charge < -0.3 is 9.80 Å². The topological polar surface area (TPSA) is 23.6 Å². The third-order valence-electron chi connectivity index (χ3n) is 5.12. The molecule has 0 saturated carbocycles. The Labute approximate surface area is 151 Å². The molecule has 0 spiro atoms. The van der Waals surface area contributed by atoms with Gasteiger partial charge in [-0.15, -0.1) is 0 Å². The Hall–Kier alpha value is -2.13. The summed E-state index contributed by atoms with van der Waals surface area (Å²) < 4.78 is 0. The molecule has 0 N–H and O–H groups in total. The highest BCUT2D eigenvalue weighted by atomic mass is 16.2. The molecular formula is C22H28N2O. The number of aryl methyl sites for hydroxylation is 1. The average molecular weight is 336 g/mol. The first-order valence-corrected chi connectivity index (χ1v) is 9.19. The normalized spacial score (nSPS) is 15.9. The fourth-order valence-electron chi connectivity index (χ4n) is 3.49. The van der Waals surface area contributed by atoms with Gasteiger partial charge in [0.25, 0.3) is 0 Å². The molecule has 0 aliphatic carbocycles. The fraction of sp³-hybridized carbons (Fsp3) is 0.409. The molecule has 3 heteroatoms. The molecule has 2 aromatic carbocycles. The van der Waals surface area contributed by atoms with Gasteiger partial charge in [-0.1, -0.05) is 60.2 Å². The van der Waals surface area contributed by atoms with Crippen LogP contribution in [0.25, 0.3) is 0 Å². The Bertz CT molecular complexity index is 673. The third kappa shape index (κ3) is 4.93. The molecule has 132 valence electrons. The van der Waals surface area contributed by atoms with Crippen molar-refractivity contribution in [2.24, 2.45) is 0 Å². The summed E-state index contributed by atoms with van der Waals surface area (Å²) in [5.74, 6) is 0.237. The molecule has 1 amide bonds. The Kier molecular flexibility index (Phi) is 5.87. The van der Waals surface area contributed by atoms with E-state index in [0.29, 0.717) is 19.0 Å². The Morgan fingerprint density at radius 1 is 1.00 bits per heavy atom. The zero-order chi connectivity index (χ0) is 17.6. The summed E-state index contributed by atoms with van der Waals surface area (Å²) in [6.07, 6.45) is 2.60. The minimum absolute atomic E-state index is 0.237. The standard InChI is InChI=1S/C22H28N2O/c1-18-8-10-20(11-9-18)17-24(21-12-14-23(2)15-13-21)22(25)16-19-6-4-3-5-7-19/h3-11,21H,12-17H2,1-2H3. The second-order valence-corrected chi connectivity index (χ2v) is 7.20. The number of hydrogen-bond donors (Lipinski definition) is 0. The van der Waals surface area contributed by atoms with Gasteiger partial charge in [0.1, 0.15) is 0 Å². The lowest BCUT2D eigenvalue weighted by molar-refractivity contribution is -0.134. The van der Waals surface area contributed by atoms with Gasteiger partial charge in [-0.05, 0) is 51.0 Å². The Balaban J connectivity index is 1.75. The molecule has 0 bridgehead atoms. The van der Waals surface area contributed by atoms with Gasteiger partial charge in [0.2, 0.25) is 5.91 Å². The van der Waals surface area contributed by atoms with Gasteiger partial charge in [-0.25, -0.2) is 0 Å². The first-order chi connectivity index (χ1) is 12.1.